The molecule has 0 saturated heterocycles. The van der Waals surface area contributed by atoms with Crippen LogP contribution in [0.4, 0.5) is 11.4 Å². The molecule has 0 atom stereocenters. The Balaban J connectivity index is 1.88. The first-order valence-corrected chi connectivity index (χ1v) is 16.4. The molecule has 218 valence electrons. The van der Waals surface area contributed by atoms with Gasteiger partial charge in [-0.2, -0.15) is 0 Å². The number of hydrogen-bond donors (Lipinski definition) is 0. The fourth-order valence-corrected chi connectivity index (χ4v) is 4.83. The van der Waals surface area contributed by atoms with Gasteiger partial charge in [0.15, 0.2) is 0 Å². The molecule has 40 heavy (non-hydrogen) atoms. The Kier molecular flexibility index (Phi) is 20.2. The number of aliphatic imine (C=N–C) groups is 2. The minimum absolute atomic E-state index is 0.916. The maximum absolute atomic E-state index is 5.07. The monoisotopic (exact) mass is 540 g/mol. The molecule has 2 rings (SSSR count). The highest BCUT2D eigenvalue weighted by Gasteiger charge is 2.02. The van der Waals surface area contributed by atoms with Gasteiger partial charge in [-0.3, -0.25) is 4.99 Å². The first-order chi connectivity index (χ1) is 19.8. The average Bonchev–Trinajstić information content (AvgIpc) is 2.99. The van der Waals surface area contributed by atoms with Gasteiger partial charge in [-0.15, -0.1) is 0 Å². The molecule has 0 aliphatic rings. The molecular weight excluding hydrogens is 484 g/mol. The molecule has 0 aromatic heterocycles. The number of aryl methyl sites for hydroxylation is 1. The van der Waals surface area contributed by atoms with E-state index < -0.39 is 0 Å². The van der Waals surface area contributed by atoms with Crippen LogP contribution in [0.5, 0.6) is 0 Å². The Hall–Kier alpha value is -2.74. The quantitative estimate of drug-likeness (QED) is 0.0760. The third kappa shape index (κ3) is 17.1. The van der Waals surface area contributed by atoms with Crippen molar-refractivity contribution >= 4 is 23.3 Å². The zero-order valence-corrected chi connectivity index (χ0v) is 25.7. The Labute approximate surface area is 246 Å². The maximum atomic E-state index is 5.07. The van der Waals surface area contributed by atoms with Crippen LogP contribution in [0.1, 0.15) is 129 Å². The Morgan fingerprint density at radius 3 is 1.85 bits per heavy atom. The fourth-order valence-electron chi connectivity index (χ4n) is 4.83. The number of allylic oxidation sites excluding steroid dienone is 4. The molecule has 0 spiro atoms. The van der Waals surface area contributed by atoms with E-state index in [0.29, 0.717) is 0 Å². The highest BCUT2D eigenvalue weighted by Crippen LogP contribution is 2.22. The second-order valence-electron chi connectivity index (χ2n) is 11.0. The summed E-state index contributed by atoms with van der Waals surface area (Å²) in [7, 11) is 0. The molecule has 0 saturated carbocycles. The highest BCUT2D eigenvalue weighted by molar-refractivity contribution is 6.36. The van der Waals surface area contributed by atoms with Crippen molar-refractivity contribution in [3.63, 3.8) is 0 Å². The second-order valence-corrected chi connectivity index (χ2v) is 11.0. The van der Waals surface area contributed by atoms with E-state index in [1.54, 1.807) is 0 Å². The zero-order chi connectivity index (χ0) is 28.4. The van der Waals surface area contributed by atoms with E-state index in [-0.39, 0.29) is 0 Å². The summed E-state index contributed by atoms with van der Waals surface area (Å²) >= 11 is 0. The minimum Gasteiger partial charge on any atom is -0.255 e. The Bertz CT molecular complexity index is 984. The molecule has 2 aromatic carbocycles. The summed E-state index contributed by atoms with van der Waals surface area (Å²) in [4.78, 5) is 9.78. The molecule has 2 heteroatoms. The van der Waals surface area contributed by atoms with Gasteiger partial charge in [-0.1, -0.05) is 146 Å². The summed E-state index contributed by atoms with van der Waals surface area (Å²) in [5.74, 6) is 0. The summed E-state index contributed by atoms with van der Waals surface area (Å²) in [5, 5.41) is 0. The van der Waals surface area contributed by atoms with Crippen LogP contribution in [-0.4, -0.2) is 11.9 Å². The van der Waals surface area contributed by atoms with Crippen molar-refractivity contribution in [3.05, 3.63) is 84.5 Å². The number of hydrogen-bond acceptors (Lipinski definition) is 2. The van der Waals surface area contributed by atoms with E-state index in [4.69, 9.17) is 9.98 Å². The average molecular weight is 541 g/mol. The van der Waals surface area contributed by atoms with Crippen LogP contribution >= 0.6 is 0 Å². The molecule has 0 bridgehead atoms. The predicted molar refractivity (Wildman–Crippen MR) is 180 cm³/mol. The maximum Gasteiger partial charge on any atom is 0.0816 e. The molecule has 0 aliphatic carbocycles. The van der Waals surface area contributed by atoms with E-state index in [0.717, 1.165) is 42.8 Å². The summed E-state index contributed by atoms with van der Waals surface area (Å²) in [6, 6.07) is 18.7. The molecule has 2 nitrogen and oxygen atoms in total. The van der Waals surface area contributed by atoms with Crippen LogP contribution in [0.3, 0.4) is 0 Å². The molecule has 0 aliphatic heterocycles. The van der Waals surface area contributed by atoms with Crippen LogP contribution < -0.4 is 0 Å². The van der Waals surface area contributed by atoms with Gasteiger partial charge >= 0.3 is 0 Å². The summed E-state index contributed by atoms with van der Waals surface area (Å²) < 4.78 is 0. The van der Waals surface area contributed by atoms with Gasteiger partial charge in [0.25, 0.3) is 0 Å². The van der Waals surface area contributed by atoms with E-state index in [1.165, 1.54) is 95.5 Å². The van der Waals surface area contributed by atoms with Gasteiger partial charge in [0.2, 0.25) is 0 Å². The summed E-state index contributed by atoms with van der Waals surface area (Å²) in [6.45, 7) is 4.54. The number of para-hydroxylation sites is 2. The minimum atomic E-state index is 0.916. The predicted octanol–water partition coefficient (Wildman–Crippen LogP) is 12.5. The van der Waals surface area contributed by atoms with Crippen molar-refractivity contribution in [1.82, 2.24) is 0 Å². The van der Waals surface area contributed by atoms with Crippen molar-refractivity contribution in [2.24, 2.45) is 9.98 Å². The fraction of sp³-hybridized carbons (Fsp3) is 0.526. The molecule has 0 radical (unpaired) electrons. The van der Waals surface area contributed by atoms with Crippen molar-refractivity contribution in [3.8, 4) is 0 Å². The molecule has 0 unspecified atom stereocenters. The highest BCUT2D eigenvalue weighted by atomic mass is 14.8. The third-order valence-electron chi connectivity index (χ3n) is 7.31. The molecule has 0 amide bonds. The second kappa shape index (κ2) is 24.1. The van der Waals surface area contributed by atoms with E-state index >= 15 is 0 Å². The van der Waals surface area contributed by atoms with Crippen molar-refractivity contribution in [2.75, 3.05) is 0 Å². The molecule has 0 fully saturated rings. The number of unbranched alkanes of at least 4 members (excludes halogenated alkanes) is 14. The lowest BCUT2D eigenvalue weighted by atomic mass is 10.0. The number of nitrogens with zero attached hydrogens (tertiary/aromatic N) is 2. The molecular formula is C38H56N2. The zero-order valence-electron chi connectivity index (χ0n) is 25.7. The van der Waals surface area contributed by atoms with Gasteiger partial charge in [0.1, 0.15) is 0 Å². The summed E-state index contributed by atoms with van der Waals surface area (Å²) in [6.07, 6.45) is 34.4. The molecule has 0 heterocycles. The lowest BCUT2D eigenvalue weighted by Crippen LogP contribution is -1.96. The van der Waals surface area contributed by atoms with Gasteiger partial charge in [-0.05, 0) is 68.4 Å². The van der Waals surface area contributed by atoms with Crippen molar-refractivity contribution in [1.29, 1.82) is 0 Å². The number of rotatable bonds is 23. The van der Waals surface area contributed by atoms with E-state index in [9.17, 15) is 0 Å². The van der Waals surface area contributed by atoms with E-state index in [2.05, 4.69) is 62.4 Å². The molecule has 0 N–H and O–H groups in total. The van der Waals surface area contributed by atoms with Crippen LogP contribution in [-0.2, 0) is 6.42 Å². The van der Waals surface area contributed by atoms with Gasteiger partial charge in [-0.25, -0.2) is 4.99 Å². The standard InChI is InChI=1S/C38H56N2/c1-3-5-7-9-11-12-13-14-15-16-18-20-23-32-37(34-39-36-30-24-21-25-31-36)40-38-33-27-26-29-35(38)28-22-19-17-10-8-6-4-2/h10,17,21,23-27,29-34H,3-9,11-16,18-20,22,28H2,1-2H3. The number of benzene rings is 2. The largest absolute Gasteiger partial charge is 0.255 e. The van der Waals surface area contributed by atoms with Crippen molar-refractivity contribution < 1.29 is 0 Å². The summed E-state index contributed by atoms with van der Waals surface area (Å²) in [5.41, 5.74) is 4.25. The first kappa shape index (κ1) is 33.5. The normalized spacial score (nSPS) is 12.4. The van der Waals surface area contributed by atoms with Crippen LogP contribution in [0.2, 0.25) is 0 Å². The van der Waals surface area contributed by atoms with Gasteiger partial charge in [0, 0.05) is 0 Å². The van der Waals surface area contributed by atoms with E-state index in [1.807, 2.05) is 36.5 Å². The van der Waals surface area contributed by atoms with Crippen LogP contribution in [0.25, 0.3) is 0 Å². The smallest absolute Gasteiger partial charge is 0.0816 e. The van der Waals surface area contributed by atoms with Crippen LogP contribution in [0, 0.1) is 0 Å². The first-order valence-electron chi connectivity index (χ1n) is 16.4. The molecule has 2 aromatic rings. The Morgan fingerprint density at radius 2 is 1.15 bits per heavy atom. The SMILES string of the molecule is CCCCC=CCCCc1ccccc1N=C(C=CCCCCCCCCCCCCC)C=Nc1ccccc1. The third-order valence-corrected chi connectivity index (χ3v) is 7.31. The topological polar surface area (TPSA) is 24.7 Å². The van der Waals surface area contributed by atoms with Crippen molar-refractivity contribution in [2.45, 2.75) is 129 Å². The Morgan fingerprint density at radius 1 is 0.575 bits per heavy atom. The van der Waals surface area contributed by atoms with Crippen LogP contribution in [0.15, 0.2) is 88.9 Å². The lowest BCUT2D eigenvalue weighted by molar-refractivity contribution is 0.550. The van der Waals surface area contributed by atoms with Gasteiger partial charge in [0.05, 0.1) is 23.3 Å². The van der Waals surface area contributed by atoms with Gasteiger partial charge < -0.3 is 0 Å². The lowest BCUT2D eigenvalue weighted by Gasteiger charge is -2.06.